The van der Waals surface area contributed by atoms with Gasteiger partial charge in [0, 0.05) is 19.3 Å². The molecule has 0 saturated heterocycles. The highest BCUT2D eigenvalue weighted by atomic mass is 16.5. The molecule has 4 heteroatoms. The Balaban J connectivity index is 1.91. The zero-order chi connectivity index (χ0) is 18.1. The summed E-state index contributed by atoms with van der Waals surface area (Å²) in [5, 5.41) is 0. The predicted octanol–water partition coefficient (Wildman–Crippen LogP) is 4.64. The lowest BCUT2D eigenvalue weighted by Crippen LogP contribution is -2.07. The van der Waals surface area contributed by atoms with E-state index in [9.17, 15) is 4.79 Å². The van der Waals surface area contributed by atoms with Crippen LogP contribution in [0.3, 0.4) is 0 Å². The van der Waals surface area contributed by atoms with Crippen LogP contribution in [0.25, 0.3) is 11.1 Å². The summed E-state index contributed by atoms with van der Waals surface area (Å²) in [5.41, 5.74) is 2.49. The largest absolute Gasteiger partial charge is 0.494 e. The highest BCUT2D eigenvalue weighted by molar-refractivity contribution is 5.88. The van der Waals surface area contributed by atoms with Gasteiger partial charge in [0.25, 0.3) is 0 Å². The Kier molecular flexibility index (Phi) is 7.23. The molecule has 0 spiro atoms. The van der Waals surface area contributed by atoms with E-state index in [-0.39, 0.29) is 0 Å². The van der Waals surface area contributed by atoms with E-state index in [0.717, 1.165) is 36.3 Å². The van der Waals surface area contributed by atoms with Gasteiger partial charge in [-0.2, -0.15) is 0 Å². The normalized spacial score (nSPS) is 10.3. The van der Waals surface area contributed by atoms with E-state index in [1.54, 1.807) is 26.2 Å². The molecule has 0 aromatic heterocycles. The number of methoxy groups -OCH3 is 1. The van der Waals surface area contributed by atoms with Crippen LogP contribution in [0.5, 0.6) is 11.5 Å². The molecule has 0 aliphatic heterocycles. The number of hydrogen-bond donors (Lipinski definition) is 0. The molecule has 0 aliphatic rings. The second-order valence-electron chi connectivity index (χ2n) is 5.77. The van der Waals surface area contributed by atoms with E-state index in [0.29, 0.717) is 17.9 Å². The lowest BCUT2D eigenvalue weighted by atomic mass is 10.1. The number of hydrogen-bond acceptors (Lipinski definition) is 4. The van der Waals surface area contributed by atoms with Gasteiger partial charge in [-0.3, -0.25) is 0 Å². The number of carbonyl (C=O) groups excluding carboxylic acids is 1. The number of ether oxygens (including phenoxy) is 3. The van der Waals surface area contributed by atoms with Crippen molar-refractivity contribution in [2.45, 2.75) is 19.8 Å². The first-order chi connectivity index (χ1) is 12.1. The first kappa shape index (κ1) is 18.7. The average Bonchev–Trinajstić information content (AvgIpc) is 2.63. The molecule has 0 heterocycles. The molecule has 2 aromatic rings. The Morgan fingerprint density at radius 2 is 1.40 bits per heavy atom. The second kappa shape index (κ2) is 9.64. The third-order valence-electron chi connectivity index (χ3n) is 3.61. The lowest BCUT2D eigenvalue weighted by molar-refractivity contribution is -0.130. The van der Waals surface area contributed by atoms with Crippen LogP contribution in [0, 0.1) is 0 Å². The summed E-state index contributed by atoms with van der Waals surface area (Å²) in [7, 11) is 1.70. The third-order valence-corrected chi connectivity index (χ3v) is 3.61. The van der Waals surface area contributed by atoms with E-state index >= 15 is 0 Å². The smallest absolute Gasteiger partial charge is 0.338 e. The molecule has 25 heavy (non-hydrogen) atoms. The van der Waals surface area contributed by atoms with Crippen molar-refractivity contribution in [2.75, 3.05) is 20.3 Å². The monoisotopic (exact) mass is 340 g/mol. The van der Waals surface area contributed by atoms with Crippen LogP contribution in [-0.2, 0) is 9.53 Å². The molecule has 0 bridgehead atoms. The van der Waals surface area contributed by atoms with Crippen LogP contribution >= 0.6 is 0 Å². The highest BCUT2D eigenvalue weighted by Gasteiger charge is 2.05. The molecule has 0 unspecified atom stereocenters. The molecule has 0 amide bonds. The van der Waals surface area contributed by atoms with E-state index in [4.69, 9.17) is 14.2 Å². The second-order valence-corrected chi connectivity index (χ2v) is 5.77. The highest BCUT2D eigenvalue weighted by Crippen LogP contribution is 2.25. The van der Waals surface area contributed by atoms with Crippen LogP contribution in [0.4, 0.5) is 0 Å². The number of carbonyl (C=O) groups is 1. The molecule has 0 atom stereocenters. The van der Waals surface area contributed by atoms with Gasteiger partial charge in [-0.1, -0.05) is 30.8 Å². The molecule has 2 rings (SSSR count). The Bertz CT molecular complexity index is 687. The molecule has 4 nitrogen and oxygen atoms in total. The molecule has 2 aromatic carbocycles. The summed E-state index contributed by atoms with van der Waals surface area (Å²) in [6.07, 6.45) is 1.97. The zero-order valence-corrected chi connectivity index (χ0v) is 14.8. The Morgan fingerprint density at radius 1 is 0.880 bits per heavy atom. The molecular formula is C21H24O4. The predicted molar refractivity (Wildman–Crippen MR) is 98.9 cm³/mol. The average molecular weight is 340 g/mol. The summed E-state index contributed by atoms with van der Waals surface area (Å²) in [5.74, 6) is 0.945. The van der Waals surface area contributed by atoms with Crippen LogP contribution in [-0.4, -0.2) is 26.3 Å². The maximum absolute atomic E-state index is 11.5. The van der Waals surface area contributed by atoms with Crippen molar-refractivity contribution in [1.29, 1.82) is 0 Å². The van der Waals surface area contributed by atoms with Crippen molar-refractivity contribution in [2.24, 2.45) is 0 Å². The summed E-state index contributed by atoms with van der Waals surface area (Å²) in [6, 6.07) is 15.3. The minimum Gasteiger partial charge on any atom is -0.494 e. The van der Waals surface area contributed by atoms with Gasteiger partial charge >= 0.3 is 5.97 Å². The number of benzene rings is 2. The van der Waals surface area contributed by atoms with Crippen LogP contribution in [0.1, 0.15) is 19.8 Å². The summed E-state index contributed by atoms with van der Waals surface area (Å²) < 4.78 is 15.9. The summed E-state index contributed by atoms with van der Waals surface area (Å²) in [6.45, 7) is 6.64. The maximum atomic E-state index is 11.5. The number of esters is 1. The van der Waals surface area contributed by atoms with Crippen LogP contribution < -0.4 is 9.47 Å². The van der Waals surface area contributed by atoms with Gasteiger partial charge in [0.15, 0.2) is 0 Å². The van der Waals surface area contributed by atoms with Crippen LogP contribution in [0.15, 0.2) is 60.7 Å². The van der Waals surface area contributed by atoms with Gasteiger partial charge < -0.3 is 14.2 Å². The fourth-order valence-corrected chi connectivity index (χ4v) is 2.19. The van der Waals surface area contributed by atoms with Crippen molar-refractivity contribution < 1.29 is 19.0 Å². The molecule has 132 valence electrons. The maximum Gasteiger partial charge on any atom is 0.338 e. The molecular weight excluding hydrogens is 316 g/mol. The number of unbranched alkanes of at least 4 members (excludes halogenated alkanes) is 1. The standard InChI is InChI=1S/C21H24O4/c1-16(2)21(22)25-20-12-8-18(9-13-20)17-6-10-19(11-7-17)24-15-5-4-14-23-3/h6-13H,1,4-5,14-15H2,2-3H3. The van der Waals surface area contributed by atoms with Crippen molar-refractivity contribution in [1.82, 2.24) is 0 Å². The quantitative estimate of drug-likeness (QED) is 0.289. The SMILES string of the molecule is C=C(C)C(=O)Oc1ccc(-c2ccc(OCCCCOC)cc2)cc1. The summed E-state index contributed by atoms with van der Waals surface area (Å²) >= 11 is 0. The van der Waals surface area contributed by atoms with Crippen molar-refractivity contribution in [3.05, 3.63) is 60.7 Å². The number of rotatable bonds is 9. The van der Waals surface area contributed by atoms with Crippen molar-refractivity contribution >= 4 is 5.97 Å². The van der Waals surface area contributed by atoms with Gasteiger partial charge in [-0.05, 0) is 55.2 Å². The van der Waals surface area contributed by atoms with Gasteiger partial charge in [0.1, 0.15) is 11.5 Å². The topological polar surface area (TPSA) is 44.8 Å². The Labute approximate surface area is 149 Å². The Hall–Kier alpha value is -2.59. The Morgan fingerprint density at radius 3 is 1.92 bits per heavy atom. The van der Waals surface area contributed by atoms with E-state index in [2.05, 4.69) is 6.58 Å². The lowest BCUT2D eigenvalue weighted by Gasteiger charge is -2.08. The molecule has 0 N–H and O–H groups in total. The minimum atomic E-state index is -0.417. The van der Waals surface area contributed by atoms with Crippen LogP contribution in [0.2, 0.25) is 0 Å². The summed E-state index contributed by atoms with van der Waals surface area (Å²) in [4.78, 5) is 11.5. The van der Waals surface area contributed by atoms with Gasteiger partial charge in [-0.15, -0.1) is 0 Å². The van der Waals surface area contributed by atoms with Crippen molar-refractivity contribution in [3.8, 4) is 22.6 Å². The molecule has 0 radical (unpaired) electrons. The zero-order valence-electron chi connectivity index (χ0n) is 14.8. The van der Waals surface area contributed by atoms with E-state index in [1.165, 1.54) is 0 Å². The van der Waals surface area contributed by atoms with Crippen molar-refractivity contribution in [3.63, 3.8) is 0 Å². The molecule has 0 saturated carbocycles. The first-order valence-electron chi connectivity index (χ1n) is 8.30. The van der Waals surface area contributed by atoms with Gasteiger partial charge in [-0.25, -0.2) is 4.79 Å². The van der Waals surface area contributed by atoms with Gasteiger partial charge in [0.2, 0.25) is 0 Å². The first-order valence-corrected chi connectivity index (χ1v) is 8.30. The fourth-order valence-electron chi connectivity index (χ4n) is 2.19. The van der Waals surface area contributed by atoms with E-state index in [1.807, 2.05) is 36.4 Å². The minimum absolute atomic E-state index is 0.377. The van der Waals surface area contributed by atoms with E-state index < -0.39 is 5.97 Å². The van der Waals surface area contributed by atoms with Gasteiger partial charge in [0.05, 0.1) is 6.61 Å². The molecule has 0 aliphatic carbocycles. The fraction of sp³-hybridized carbons (Fsp3) is 0.286. The molecule has 0 fully saturated rings. The third kappa shape index (κ3) is 6.08.